The number of hydrogen-bond donors (Lipinski definition) is 0. The molecule has 84 valence electrons. The normalized spacial score (nSPS) is 29.3. The molecule has 0 saturated heterocycles. The summed E-state index contributed by atoms with van der Waals surface area (Å²) in [6, 6.07) is 0. The van der Waals surface area contributed by atoms with E-state index < -0.39 is 17.5 Å². The molecule has 1 aliphatic carbocycles. The van der Waals surface area contributed by atoms with Gasteiger partial charge in [0, 0.05) is 13.0 Å². The van der Waals surface area contributed by atoms with Gasteiger partial charge in [0.1, 0.15) is 0 Å². The SMILES string of the molecule is CCCCC1(OC)C=CC=CC1C(=O)[O-]. The monoisotopic (exact) mass is 209 g/mol. The number of carboxylic acids is 1. The van der Waals surface area contributed by atoms with Crippen molar-refractivity contribution in [3.8, 4) is 0 Å². The molecule has 0 radical (unpaired) electrons. The molecule has 0 spiro atoms. The Morgan fingerprint density at radius 2 is 2.27 bits per heavy atom. The number of unbranched alkanes of at least 4 members (excludes halogenated alkanes) is 1. The van der Waals surface area contributed by atoms with Gasteiger partial charge in [-0.05, 0) is 6.42 Å². The Bertz CT molecular complexity index is 281. The van der Waals surface area contributed by atoms with Gasteiger partial charge in [0.15, 0.2) is 0 Å². The number of carbonyl (C=O) groups is 1. The lowest BCUT2D eigenvalue weighted by molar-refractivity contribution is -0.314. The standard InChI is InChI=1S/C12H18O3/c1-3-4-8-12(15-2)9-6-5-7-10(12)11(13)14/h5-7,9-10H,3-4,8H2,1-2H3,(H,13,14)/p-1. The number of hydrogen-bond acceptors (Lipinski definition) is 3. The second-order valence-corrected chi connectivity index (χ2v) is 3.80. The Kier molecular flexibility index (Phi) is 4.09. The van der Waals surface area contributed by atoms with Crippen LogP contribution in [0.25, 0.3) is 0 Å². The van der Waals surface area contributed by atoms with Crippen LogP contribution in [0.1, 0.15) is 26.2 Å². The average molecular weight is 209 g/mol. The van der Waals surface area contributed by atoms with Crippen molar-refractivity contribution >= 4 is 5.97 Å². The van der Waals surface area contributed by atoms with Crippen LogP contribution in [-0.2, 0) is 9.53 Å². The first-order chi connectivity index (χ1) is 7.16. The largest absolute Gasteiger partial charge is 0.549 e. The second-order valence-electron chi connectivity index (χ2n) is 3.80. The van der Waals surface area contributed by atoms with Gasteiger partial charge < -0.3 is 14.6 Å². The summed E-state index contributed by atoms with van der Waals surface area (Å²) >= 11 is 0. The zero-order valence-electron chi connectivity index (χ0n) is 9.23. The highest BCUT2D eigenvalue weighted by molar-refractivity contribution is 5.73. The molecule has 0 N–H and O–H groups in total. The predicted molar refractivity (Wildman–Crippen MR) is 56.0 cm³/mol. The molecule has 2 unspecified atom stereocenters. The Morgan fingerprint density at radius 3 is 2.80 bits per heavy atom. The molecular formula is C12H17O3-. The first-order valence-electron chi connectivity index (χ1n) is 5.28. The molecule has 1 rings (SSSR count). The minimum atomic E-state index is -1.08. The van der Waals surface area contributed by atoms with Gasteiger partial charge in [0.25, 0.3) is 0 Å². The average Bonchev–Trinajstić information content (AvgIpc) is 2.26. The molecular weight excluding hydrogens is 192 g/mol. The lowest BCUT2D eigenvalue weighted by Crippen LogP contribution is -2.48. The van der Waals surface area contributed by atoms with Gasteiger partial charge in [0.2, 0.25) is 0 Å². The maximum Gasteiger partial charge on any atom is 0.0976 e. The molecule has 3 nitrogen and oxygen atoms in total. The first-order valence-corrected chi connectivity index (χ1v) is 5.28. The topological polar surface area (TPSA) is 49.4 Å². The van der Waals surface area contributed by atoms with Gasteiger partial charge in [-0.1, -0.05) is 44.1 Å². The van der Waals surface area contributed by atoms with Gasteiger partial charge in [-0.15, -0.1) is 0 Å². The maximum atomic E-state index is 11.0. The first kappa shape index (κ1) is 12.0. The van der Waals surface area contributed by atoms with Crippen LogP contribution >= 0.6 is 0 Å². The van der Waals surface area contributed by atoms with E-state index in [1.807, 2.05) is 12.2 Å². The van der Waals surface area contributed by atoms with Gasteiger partial charge in [0.05, 0.1) is 11.6 Å². The van der Waals surface area contributed by atoms with E-state index in [4.69, 9.17) is 4.74 Å². The number of aliphatic carboxylic acids is 1. The van der Waals surface area contributed by atoms with E-state index in [2.05, 4.69) is 6.92 Å². The number of carboxylic acid groups (broad SMARTS) is 1. The fraction of sp³-hybridized carbons (Fsp3) is 0.583. The summed E-state index contributed by atoms with van der Waals surface area (Å²) in [5.41, 5.74) is -0.719. The van der Waals surface area contributed by atoms with E-state index >= 15 is 0 Å². The lowest BCUT2D eigenvalue weighted by Gasteiger charge is -2.38. The predicted octanol–water partition coefficient (Wildman–Crippen LogP) is 1.05. The fourth-order valence-electron chi connectivity index (χ4n) is 1.93. The van der Waals surface area contributed by atoms with E-state index in [9.17, 15) is 9.90 Å². The smallest absolute Gasteiger partial charge is 0.0976 e. The Balaban J connectivity index is 2.87. The number of allylic oxidation sites excluding steroid dienone is 2. The van der Waals surface area contributed by atoms with Crippen molar-refractivity contribution in [1.82, 2.24) is 0 Å². The molecule has 1 aliphatic rings. The summed E-state index contributed by atoms with van der Waals surface area (Å²) in [6.07, 6.45) is 9.68. The number of methoxy groups -OCH3 is 1. The fourth-order valence-corrected chi connectivity index (χ4v) is 1.93. The zero-order valence-corrected chi connectivity index (χ0v) is 9.23. The van der Waals surface area contributed by atoms with Crippen molar-refractivity contribution in [2.45, 2.75) is 31.8 Å². The molecule has 0 aromatic rings. The van der Waals surface area contributed by atoms with Gasteiger partial charge in [-0.3, -0.25) is 0 Å². The Hall–Kier alpha value is -1.09. The van der Waals surface area contributed by atoms with Crippen LogP contribution < -0.4 is 5.11 Å². The minimum Gasteiger partial charge on any atom is -0.549 e. The van der Waals surface area contributed by atoms with Crippen LogP contribution in [0.5, 0.6) is 0 Å². The Labute approximate surface area is 90.4 Å². The maximum absolute atomic E-state index is 11.0. The third-order valence-corrected chi connectivity index (χ3v) is 2.87. The minimum absolute atomic E-state index is 0.681. The van der Waals surface area contributed by atoms with Crippen LogP contribution in [0.2, 0.25) is 0 Å². The molecule has 0 amide bonds. The number of rotatable bonds is 5. The second kappa shape index (κ2) is 5.12. The number of ether oxygens (including phenoxy) is 1. The van der Waals surface area contributed by atoms with Gasteiger partial charge >= 0.3 is 0 Å². The number of carbonyl (C=O) groups excluding carboxylic acids is 1. The molecule has 0 aliphatic heterocycles. The molecule has 0 saturated carbocycles. The van der Waals surface area contributed by atoms with E-state index in [0.717, 1.165) is 12.8 Å². The Morgan fingerprint density at radius 1 is 1.53 bits per heavy atom. The third kappa shape index (κ3) is 2.48. The summed E-state index contributed by atoms with van der Waals surface area (Å²) in [7, 11) is 1.55. The van der Waals surface area contributed by atoms with Gasteiger partial charge in [-0.25, -0.2) is 0 Å². The van der Waals surface area contributed by atoms with Crippen molar-refractivity contribution in [1.29, 1.82) is 0 Å². The van der Waals surface area contributed by atoms with Crippen LogP contribution in [0.4, 0.5) is 0 Å². The summed E-state index contributed by atoms with van der Waals surface area (Å²) in [5.74, 6) is -1.76. The molecule has 0 aromatic carbocycles. The highest BCUT2D eigenvalue weighted by atomic mass is 16.5. The van der Waals surface area contributed by atoms with E-state index in [1.165, 1.54) is 0 Å². The van der Waals surface area contributed by atoms with Gasteiger partial charge in [-0.2, -0.15) is 0 Å². The van der Waals surface area contributed by atoms with E-state index in [0.29, 0.717) is 6.42 Å². The van der Waals surface area contributed by atoms with Crippen molar-refractivity contribution in [2.75, 3.05) is 7.11 Å². The van der Waals surface area contributed by atoms with E-state index in [-0.39, 0.29) is 0 Å². The summed E-state index contributed by atoms with van der Waals surface area (Å²) in [6.45, 7) is 2.07. The summed E-state index contributed by atoms with van der Waals surface area (Å²) in [5, 5.41) is 11.0. The lowest BCUT2D eigenvalue weighted by atomic mass is 9.80. The highest BCUT2D eigenvalue weighted by Gasteiger charge is 2.36. The van der Waals surface area contributed by atoms with Crippen molar-refractivity contribution in [3.05, 3.63) is 24.3 Å². The summed E-state index contributed by atoms with van der Waals surface area (Å²) < 4.78 is 5.40. The van der Waals surface area contributed by atoms with Crippen molar-refractivity contribution < 1.29 is 14.6 Å². The van der Waals surface area contributed by atoms with Crippen LogP contribution in [0.3, 0.4) is 0 Å². The van der Waals surface area contributed by atoms with Crippen LogP contribution in [0.15, 0.2) is 24.3 Å². The van der Waals surface area contributed by atoms with E-state index in [1.54, 1.807) is 19.3 Å². The zero-order chi connectivity index (χ0) is 11.3. The highest BCUT2D eigenvalue weighted by Crippen LogP contribution is 2.32. The van der Waals surface area contributed by atoms with Crippen molar-refractivity contribution in [2.24, 2.45) is 5.92 Å². The molecule has 2 atom stereocenters. The molecule has 0 fully saturated rings. The van der Waals surface area contributed by atoms with Crippen LogP contribution in [-0.4, -0.2) is 18.7 Å². The molecule has 0 heterocycles. The van der Waals surface area contributed by atoms with Crippen LogP contribution in [0, 0.1) is 5.92 Å². The molecule has 3 heteroatoms. The molecule has 0 bridgehead atoms. The molecule has 0 aromatic heterocycles. The van der Waals surface area contributed by atoms with Crippen molar-refractivity contribution in [3.63, 3.8) is 0 Å². The quantitative estimate of drug-likeness (QED) is 0.680. The summed E-state index contributed by atoms with van der Waals surface area (Å²) in [4.78, 5) is 11.0. The molecule has 15 heavy (non-hydrogen) atoms. The third-order valence-electron chi connectivity index (χ3n) is 2.87.